The molecule has 3 aromatic carbocycles. The number of hydrogen-bond donors (Lipinski definition) is 0. The minimum atomic E-state index is 0.0589. The summed E-state index contributed by atoms with van der Waals surface area (Å²) in [6.45, 7) is 2.37. The van der Waals surface area contributed by atoms with E-state index in [2.05, 4.69) is 0 Å². The average molecular weight is 300 g/mol. The summed E-state index contributed by atoms with van der Waals surface area (Å²) in [5, 5.41) is 2.00. The number of rotatable bonds is 1. The third-order valence-electron chi connectivity index (χ3n) is 4.21. The van der Waals surface area contributed by atoms with Gasteiger partial charge in [-0.3, -0.25) is 4.79 Å². The fourth-order valence-corrected chi connectivity index (χ4v) is 2.96. The molecule has 1 heterocycles. The summed E-state index contributed by atoms with van der Waals surface area (Å²) in [5.74, 6) is 0.735. The molecule has 3 aromatic rings. The van der Waals surface area contributed by atoms with Crippen LogP contribution in [0.25, 0.3) is 16.8 Å². The molecule has 1 aliphatic rings. The molecule has 0 unspecified atom stereocenters. The van der Waals surface area contributed by atoms with E-state index in [1.165, 1.54) is 5.56 Å². The lowest BCUT2D eigenvalue weighted by atomic mass is 9.93. The van der Waals surface area contributed by atoms with Crippen LogP contribution in [0.4, 0.5) is 0 Å². The molecule has 0 radical (unpaired) electrons. The predicted molar refractivity (Wildman–Crippen MR) is 92.9 cm³/mol. The van der Waals surface area contributed by atoms with Crippen LogP contribution in [-0.4, -0.2) is 12.4 Å². The summed E-state index contributed by atoms with van der Waals surface area (Å²) in [4.78, 5) is 13.0. The summed E-state index contributed by atoms with van der Waals surface area (Å²) in [6.07, 6.45) is 1.92. The number of hydrogen-bond acceptors (Lipinski definition) is 2. The SMILES string of the molecule is Cc1ccc(/C=C2\COc3ccc4ccccc4c3C2=O)cc1. The van der Waals surface area contributed by atoms with E-state index in [1.54, 1.807) is 0 Å². The molecule has 0 aromatic heterocycles. The van der Waals surface area contributed by atoms with Crippen LogP contribution in [0.2, 0.25) is 0 Å². The van der Waals surface area contributed by atoms with Crippen LogP contribution in [0.5, 0.6) is 5.75 Å². The highest BCUT2D eigenvalue weighted by atomic mass is 16.5. The van der Waals surface area contributed by atoms with Crippen molar-refractivity contribution in [3.05, 3.63) is 82.9 Å². The molecular formula is C21H16O2. The van der Waals surface area contributed by atoms with Crippen molar-refractivity contribution in [1.29, 1.82) is 0 Å². The smallest absolute Gasteiger partial charge is 0.196 e. The Morgan fingerprint density at radius 3 is 2.57 bits per heavy atom. The highest BCUT2D eigenvalue weighted by Crippen LogP contribution is 2.34. The number of fused-ring (bicyclic) bond motifs is 3. The van der Waals surface area contributed by atoms with E-state index in [9.17, 15) is 4.79 Å². The van der Waals surface area contributed by atoms with Gasteiger partial charge in [-0.05, 0) is 35.4 Å². The molecule has 0 saturated heterocycles. The van der Waals surface area contributed by atoms with Crippen molar-refractivity contribution < 1.29 is 9.53 Å². The molecule has 0 spiro atoms. The first kappa shape index (κ1) is 13.8. The fraction of sp³-hybridized carbons (Fsp3) is 0.0952. The molecule has 0 aliphatic carbocycles. The fourth-order valence-electron chi connectivity index (χ4n) is 2.96. The highest BCUT2D eigenvalue weighted by molar-refractivity contribution is 6.20. The molecule has 0 bridgehead atoms. The Hall–Kier alpha value is -2.87. The number of ether oxygens (including phenoxy) is 1. The Bertz CT molecular complexity index is 934. The van der Waals surface area contributed by atoms with E-state index in [0.29, 0.717) is 23.5 Å². The van der Waals surface area contributed by atoms with Gasteiger partial charge in [0.25, 0.3) is 0 Å². The topological polar surface area (TPSA) is 26.3 Å². The molecule has 23 heavy (non-hydrogen) atoms. The normalized spacial score (nSPS) is 15.5. The first-order chi connectivity index (χ1) is 11.2. The van der Waals surface area contributed by atoms with Gasteiger partial charge >= 0.3 is 0 Å². The molecule has 0 saturated carbocycles. The van der Waals surface area contributed by atoms with E-state index in [4.69, 9.17) is 4.74 Å². The van der Waals surface area contributed by atoms with Crippen molar-refractivity contribution in [3.63, 3.8) is 0 Å². The summed E-state index contributed by atoms with van der Waals surface area (Å²) >= 11 is 0. The van der Waals surface area contributed by atoms with E-state index in [-0.39, 0.29) is 5.78 Å². The Morgan fingerprint density at radius 1 is 0.957 bits per heavy atom. The standard InChI is InChI=1S/C21H16O2/c1-14-6-8-15(9-7-14)12-17-13-23-19-11-10-16-4-2-3-5-18(16)20(19)21(17)22/h2-12H,13H2,1H3/b17-12+. The van der Waals surface area contributed by atoms with Crippen LogP contribution in [0.1, 0.15) is 21.5 Å². The van der Waals surface area contributed by atoms with Gasteiger partial charge in [0.05, 0.1) is 5.56 Å². The number of aryl methyl sites for hydroxylation is 1. The predicted octanol–water partition coefficient (Wildman–Crippen LogP) is 4.81. The van der Waals surface area contributed by atoms with E-state index in [1.807, 2.05) is 73.7 Å². The zero-order chi connectivity index (χ0) is 15.8. The van der Waals surface area contributed by atoms with E-state index < -0.39 is 0 Å². The maximum absolute atomic E-state index is 13.0. The van der Waals surface area contributed by atoms with Gasteiger partial charge in [-0.25, -0.2) is 0 Å². The summed E-state index contributed by atoms with van der Waals surface area (Å²) in [6, 6.07) is 19.9. The summed E-state index contributed by atoms with van der Waals surface area (Å²) < 4.78 is 5.82. The molecule has 0 amide bonds. The molecule has 1 aliphatic heterocycles. The summed E-state index contributed by atoms with van der Waals surface area (Å²) in [5.41, 5.74) is 3.59. The second-order valence-corrected chi connectivity index (χ2v) is 5.86. The van der Waals surface area contributed by atoms with Gasteiger partial charge in [0.1, 0.15) is 12.4 Å². The van der Waals surface area contributed by atoms with Crippen LogP contribution in [0.15, 0.2) is 66.2 Å². The Balaban J connectivity index is 1.82. The van der Waals surface area contributed by atoms with Crippen molar-refractivity contribution >= 4 is 22.6 Å². The molecule has 0 atom stereocenters. The molecule has 0 N–H and O–H groups in total. The van der Waals surface area contributed by atoms with Gasteiger partial charge in [-0.2, -0.15) is 0 Å². The lowest BCUT2D eigenvalue weighted by Gasteiger charge is -2.20. The maximum Gasteiger partial charge on any atom is 0.196 e. The second kappa shape index (κ2) is 5.40. The molecule has 112 valence electrons. The number of carbonyl (C=O) groups excluding carboxylic acids is 1. The Labute approximate surface area is 135 Å². The van der Waals surface area contributed by atoms with Crippen molar-refractivity contribution in [2.75, 3.05) is 6.61 Å². The zero-order valence-electron chi connectivity index (χ0n) is 12.9. The molecular weight excluding hydrogens is 284 g/mol. The molecule has 2 nitrogen and oxygen atoms in total. The average Bonchev–Trinajstić information content (AvgIpc) is 2.59. The number of benzene rings is 3. The first-order valence-corrected chi connectivity index (χ1v) is 7.69. The van der Waals surface area contributed by atoms with Crippen molar-refractivity contribution in [2.45, 2.75) is 6.92 Å². The van der Waals surface area contributed by atoms with Crippen molar-refractivity contribution in [3.8, 4) is 5.75 Å². The third-order valence-corrected chi connectivity index (χ3v) is 4.21. The van der Waals surface area contributed by atoms with Crippen LogP contribution >= 0.6 is 0 Å². The second-order valence-electron chi connectivity index (χ2n) is 5.86. The van der Waals surface area contributed by atoms with Crippen molar-refractivity contribution in [1.82, 2.24) is 0 Å². The maximum atomic E-state index is 13.0. The van der Waals surface area contributed by atoms with Gasteiger partial charge in [-0.15, -0.1) is 0 Å². The Morgan fingerprint density at radius 2 is 1.74 bits per heavy atom. The Kier molecular flexibility index (Phi) is 3.23. The number of ketones is 1. The molecule has 2 heteroatoms. The van der Waals surface area contributed by atoms with Gasteiger partial charge in [0.2, 0.25) is 0 Å². The van der Waals surface area contributed by atoms with E-state index in [0.717, 1.165) is 16.3 Å². The highest BCUT2D eigenvalue weighted by Gasteiger charge is 2.25. The van der Waals surface area contributed by atoms with E-state index >= 15 is 0 Å². The lowest BCUT2D eigenvalue weighted by Crippen LogP contribution is -2.19. The monoisotopic (exact) mass is 300 g/mol. The number of Topliss-reactive ketones (excluding diaryl/α,β-unsaturated/α-hetero) is 1. The van der Waals surface area contributed by atoms with Crippen LogP contribution in [0, 0.1) is 6.92 Å². The quantitative estimate of drug-likeness (QED) is 0.603. The minimum Gasteiger partial charge on any atom is -0.488 e. The first-order valence-electron chi connectivity index (χ1n) is 7.69. The van der Waals surface area contributed by atoms with Gasteiger partial charge < -0.3 is 4.74 Å². The van der Waals surface area contributed by atoms with Gasteiger partial charge in [0.15, 0.2) is 5.78 Å². The third kappa shape index (κ3) is 2.42. The lowest BCUT2D eigenvalue weighted by molar-refractivity contribution is 0.100. The van der Waals surface area contributed by atoms with Gasteiger partial charge in [0, 0.05) is 5.57 Å². The van der Waals surface area contributed by atoms with Crippen LogP contribution in [0.3, 0.4) is 0 Å². The van der Waals surface area contributed by atoms with Crippen molar-refractivity contribution in [2.24, 2.45) is 0 Å². The molecule has 4 rings (SSSR count). The van der Waals surface area contributed by atoms with Gasteiger partial charge in [-0.1, -0.05) is 60.2 Å². The molecule has 0 fully saturated rings. The van der Waals surface area contributed by atoms with Crippen LogP contribution < -0.4 is 4.74 Å². The van der Waals surface area contributed by atoms with Crippen LogP contribution in [-0.2, 0) is 0 Å². The largest absolute Gasteiger partial charge is 0.488 e. The summed E-state index contributed by atoms with van der Waals surface area (Å²) in [7, 11) is 0. The number of carbonyl (C=O) groups is 1. The zero-order valence-corrected chi connectivity index (χ0v) is 12.9. The minimum absolute atomic E-state index is 0.0589.